The third kappa shape index (κ3) is 5.35. The summed E-state index contributed by atoms with van der Waals surface area (Å²) in [5.74, 6) is -0.192. The first-order chi connectivity index (χ1) is 14.3. The number of aromatic nitrogens is 2. The van der Waals surface area contributed by atoms with E-state index in [4.69, 9.17) is 25.5 Å². The van der Waals surface area contributed by atoms with Crippen LogP contribution < -0.4 is 9.46 Å². The highest BCUT2D eigenvalue weighted by molar-refractivity contribution is 7.89. The monoisotopic (exact) mass is 451 g/mol. The van der Waals surface area contributed by atoms with Gasteiger partial charge in [-0.2, -0.15) is 0 Å². The van der Waals surface area contributed by atoms with Crippen LogP contribution in [-0.4, -0.2) is 31.7 Å². The standard InChI is InChI=1S/C19H18ClN3O6S/c1-12-22-23-18(29-12)11-28-19(24)14-5-8-16(27-2)17(9-14)30(25,26)21-10-13-3-6-15(20)7-4-13/h3-9,21H,10-11H2,1-2H3. The van der Waals surface area contributed by atoms with Gasteiger partial charge in [-0.05, 0) is 35.9 Å². The van der Waals surface area contributed by atoms with Crippen molar-refractivity contribution in [3.63, 3.8) is 0 Å². The fraction of sp³-hybridized carbons (Fsp3) is 0.211. The Balaban J connectivity index is 1.76. The minimum Gasteiger partial charge on any atom is -0.495 e. The van der Waals surface area contributed by atoms with Gasteiger partial charge in [0.15, 0.2) is 6.61 Å². The number of sulfonamides is 1. The Morgan fingerprint density at radius 1 is 1.17 bits per heavy atom. The van der Waals surface area contributed by atoms with Gasteiger partial charge in [0.1, 0.15) is 10.6 Å². The number of halogens is 1. The second kappa shape index (κ2) is 9.24. The number of carbonyl (C=O) groups excluding carboxylic acids is 1. The highest BCUT2D eigenvalue weighted by atomic mass is 35.5. The van der Waals surface area contributed by atoms with Crippen molar-refractivity contribution >= 4 is 27.6 Å². The lowest BCUT2D eigenvalue weighted by Crippen LogP contribution is -2.24. The molecule has 0 saturated heterocycles. The van der Waals surface area contributed by atoms with Gasteiger partial charge in [0, 0.05) is 18.5 Å². The average molecular weight is 452 g/mol. The fourth-order valence-electron chi connectivity index (χ4n) is 2.48. The molecular formula is C19H18ClN3O6S. The lowest BCUT2D eigenvalue weighted by Gasteiger charge is -2.12. The Hall–Kier alpha value is -2.95. The van der Waals surface area contributed by atoms with E-state index >= 15 is 0 Å². The van der Waals surface area contributed by atoms with Crippen molar-refractivity contribution in [3.05, 3.63) is 70.4 Å². The lowest BCUT2D eigenvalue weighted by molar-refractivity contribution is 0.0436. The van der Waals surface area contributed by atoms with E-state index in [1.807, 2.05) is 0 Å². The SMILES string of the molecule is COc1ccc(C(=O)OCc2nnc(C)o2)cc1S(=O)(=O)NCc1ccc(Cl)cc1. The van der Waals surface area contributed by atoms with Crippen LogP contribution in [0.15, 0.2) is 51.8 Å². The highest BCUT2D eigenvalue weighted by Crippen LogP contribution is 2.25. The number of ether oxygens (including phenoxy) is 2. The number of hydrogen-bond donors (Lipinski definition) is 1. The van der Waals surface area contributed by atoms with Gasteiger partial charge in [0.05, 0.1) is 12.7 Å². The summed E-state index contributed by atoms with van der Waals surface area (Å²) in [5.41, 5.74) is 0.742. The van der Waals surface area contributed by atoms with Gasteiger partial charge in [-0.3, -0.25) is 0 Å². The van der Waals surface area contributed by atoms with Gasteiger partial charge in [-0.25, -0.2) is 17.9 Å². The van der Waals surface area contributed by atoms with E-state index in [1.165, 1.54) is 25.3 Å². The largest absolute Gasteiger partial charge is 0.495 e. The summed E-state index contributed by atoms with van der Waals surface area (Å²) in [6.07, 6.45) is 0. The summed E-state index contributed by atoms with van der Waals surface area (Å²) in [6.45, 7) is 1.41. The molecule has 158 valence electrons. The molecule has 3 aromatic rings. The molecule has 1 heterocycles. The van der Waals surface area contributed by atoms with Gasteiger partial charge in [0.25, 0.3) is 5.89 Å². The van der Waals surface area contributed by atoms with E-state index in [0.29, 0.717) is 16.5 Å². The number of nitrogens with one attached hydrogen (secondary N) is 1. The maximum absolute atomic E-state index is 12.8. The van der Waals surface area contributed by atoms with Crippen molar-refractivity contribution in [2.75, 3.05) is 7.11 Å². The van der Waals surface area contributed by atoms with E-state index in [2.05, 4.69) is 14.9 Å². The third-order valence-electron chi connectivity index (χ3n) is 3.96. The summed E-state index contributed by atoms with van der Waals surface area (Å²) in [5, 5.41) is 7.91. The average Bonchev–Trinajstić information content (AvgIpc) is 3.16. The van der Waals surface area contributed by atoms with Crippen LogP contribution in [0.1, 0.15) is 27.7 Å². The van der Waals surface area contributed by atoms with E-state index < -0.39 is 16.0 Å². The molecule has 0 spiro atoms. The quantitative estimate of drug-likeness (QED) is 0.519. The second-order valence-electron chi connectivity index (χ2n) is 6.11. The van der Waals surface area contributed by atoms with Crippen LogP contribution in [0.4, 0.5) is 0 Å². The molecule has 3 rings (SSSR count). The number of methoxy groups -OCH3 is 1. The summed E-state index contributed by atoms with van der Waals surface area (Å²) in [4.78, 5) is 12.1. The maximum atomic E-state index is 12.8. The Morgan fingerprint density at radius 3 is 2.53 bits per heavy atom. The van der Waals surface area contributed by atoms with Gasteiger partial charge < -0.3 is 13.9 Å². The number of nitrogens with zero attached hydrogens (tertiary/aromatic N) is 2. The van der Waals surface area contributed by atoms with E-state index in [-0.39, 0.29) is 35.3 Å². The minimum atomic E-state index is -3.99. The molecule has 0 amide bonds. The molecule has 1 N–H and O–H groups in total. The molecule has 0 aliphatic rings. The van der Waals surface area contributed by atoms with Crippen LogP contribution >= 0.6 is 11.6 Å². The van der Waals surface area contributed by atoms with E-state index in [0.717, 1.165) is 0 Å². The summed E-state index contributed by atoms with van der Waals surface area (Å²) >= 11 is 5.84. The molecule has 0 aliphatic carbocycles. The van der Waals surface area contributed by atoms with Crippen molar-refractivity contribution in [1.29, 1.82) is 0 Å². The van der Waals surface area contributed by atoms with Crippen LogP contribution in [-0.2, 0) is 27.9 Å². The number of benzene rings is 2. The van der Waals surface area contributed by atoms with Gasteiger partial charge in [-0.1, -0.05) is 23.7 Å². The Morgan fingerprint density at radius 2 is 1.90 bits per heavy atom. The van der Waals surface area contributed by atoms with Crippen molar-refractivity contribution < 1.29 is 27.1 Å². The van der Waals surface area contributed by atoms with Crippen LogP contribution in [0, 0.1) is 6.92 Å². The maximum Gasteiger partial charge on any atom is 0.338 e. The zero-order chi connectivity index (χ0) is 21.7. The molecule has 0 atom stereocenters. The van der Waals surface area contributed by atoms with Crippen LogP contribution in [0.5, 0.6) is 5.75 Å². The van der Waals surface area contributed by atoms with Crippen LogP contribution in [0.25, 0.3) is 0 Å². The van der Waals surface area contributed by atoms with Crippen molar-refractivity contribution in [3.8, 4) is 5.75 Å². The molecule has 0 radical (unpaired) electrons. The number of esters is 1. The smallest absolute Gasteiger partial charge is 0.338 e. The van der Waals surface area contributed by atoms with Gasteiger partial charge in [-0.15, -0.1) is 10.2 Å². The molecule has 0 saturated carbocycles. The molecule has 0 unspecified atom stereocenters. The first-order valence-corrected chi connectivity index (χ1v) is 10.5. The molecule has 0 bridgehead atoms. The highest BCUT2D eigenvalue weighted by Gasteiger charge is 2.22. The zero-order valence-electron chi connectivity index (χ0n) is 16.1. The number of aryl methyl sites for hydroxylation is 1. The van der Waals surface area contributed by atoms with E-state index in [1.54, 1.807) is 31.2 Å². The van der Waals surface area contributed by atoms with Gasteiger partial charge in [0.2, 0.25) is 15.9 Å². The Labute approximate surface area is 178 Å². The molecule has 11 heteroatoms. The molecular weight excluding hydrogens is 434 g/mol. The number of carbonyl (C=O) groups is 1. The number of hydrogen-bond acceptors (Lipinski definition) is 8. The molecule has 0 aliphatic heterocycles. The summed E-state index contributed by atoms with van der Waals surface area (Å²) in [6, 6.07) is 10.7. The predicted molar refractivity (Wildman–Crippen MR) is 107 cm³/mol. The molecule has 0 fully saturated rings. The van der Waals surface area contributed by atoms with Crippen LogP contribution in [0.3, 0.4) is 0 Å². The molecule has 30 heavy (non-hydrogen) atoms. The molecule has 2 aromatic carbocycles. The van der Waals surface area contributed by atoms with Crippen molar-refractivity contribution in [2.45, 2.75) is 25.0 Å². The van der Waals surface area contributed by atoms with Crippen molar-refractivity contribution in [2.24, 2.45) is 0 Å². The van der Waals surface area contributed by atoms with Crippen molar-refractivity contribution in [1.82, 2.24) is 14.9 Å². The number of rotatable bonds is 8. The first-order valence-electron chi connectivity index (χ1n) is 8.67. The molecule has 1 aromatic heterocycles. The predicted octanol–water partition coefficient (Wildman–Crippen LogP) is 2.88. The zero-order valence-corrected chi connectivity index (χ0v) is 17.7. The Bertz CT molecular complexity index is 1150. The molecule has 9 nitrogen and oxygen atoms in total. The van der Waals surface area contributed by atoms with E-state index in [9.17, 15) is 13.2 Å². The second-order valence-corrected chi connectivity index (χ2v) is 8.28. The normalized spacial score (nSPS) is 11.3. The summed E-state index contributed by atoms with van der Waals surface area (Å²) < 4.78 is 43.5. The fourth-order valence-corrected chi connectivity index (χ4v) is 3.82. The lowest BCUT2D eigenvalue weighted by atomic mass is 10.2. The summed E-state index contributed by atoms with van der Waals surface area (Å²) in [7, 11) is -2.65. The first kappa shape index (κ1) is 21.8. The third-order valence-corrected chi connectivity index (χ3v) is 5.64. The Kier molecular flexibility index (Phi) is 6.70. The van der Waals surface area contributed by atoms with Gasteiger partial charge >= 0.3 is 5.97 Å². The topological polar surface area (TPSA) is 121 Å². The minimum absolute atomic E-state index is 0.0268. The van der Waals surface area contributed by atoms with Crippen LogP contribution in [0.2, 0.25) is 5.02 Å².